The van der Waals surface area contributed by atoms with E-state index in [9.17, 15) is 0 Å². The zero-order valence-corrected chi connectivity index (χ0v) is 7.27. The van der Waals surface area contributed by atoms with Crippen molar-refractivity contribution >= 4 is 16.5 Å². The molecule has 0 aliphatic heterocycles. The molecule has 3 nitrogen and oxygen atoms in total. The van der Waals surface area contributed by atoms with E-state index in [0.29, 0.717) is 10.0 Å². The van der Waals surface area contributed by atoms with Crippen molar-refractivity contribution < 1.29 is 0 Å². The normalized spacial score (nSPS) is 10.0. The molecule has 0 radical (unpaired) electrons. The van der Waals surface area contributed by atoms with Crippen LogP contribution in [0.5, 0.6) is 0 Å². The van der Waals surface area contributed by atoms with Crippen LogP contribution in [0.1, 0.15) is 30.3 Å². The Bertz CT molecular complexity index is 295. The summed E-state index contributed by atoms with van der Waals surface area (Å²) >= 11 is 1.25. The zero-order valence-electron chi connectivity index (χ0n) is 6.46. The predicted octanol–water partition coefficient (Wildman–Crippen LogP) is 1.72. The van der Waals surface area contributed by atoms with Crippen molar-refractivity contribution in [3.05, 3.63) is 10.6 Å². The fourth-order valence-corrected chi connectivity index (χ4v) is 1.61. The number of nitrogen functional groups attached to an aromatic ring is 1. The van der Waals surface area contributed by atoms with Crippen molar-refractivity contribution in [2.45, 2.75) is 19.8 Å². The topological polar surface area (TPSA) is 62.7 Å². The van der Waals surface area contributed by atoms with Gasteiger partial charge in [-0.25, -0.2) is 4.98 Å². The summed E-state index contributed by atoms with van der Waals surface area (Å²) in [4.78, 5) is 4.69. The van der Waals surface area contributed by atoms with Gasteiger partial charge in [-0.2, -0.15) is 5.26 Å². The minimum Gasteiger partial charge on any atom is -0.375 e. The van der Waals surface area contributed by atoms with E-state index in [1.54, 1.807) is 0 Å². The van der Waals surface area contributed by atoms with Gasteiger partial charge < -0.3 is 5.73 Å². The van der Waals surface area contributed by atoms with Crippen LogP contribution < -0.4 is 5.73 Å². The highest BCUT2D eigenvalue weighted by Gasteiger charge is 2.11. The lowest BCUT2D eigenvalue weighted by Crippen LogP contribution is -1.91. The smallest absolute Gasteiger partial charge is 0.181 e. The highest BCUT2D eigenvalue weighted by atomic mass is 32.1. The molecule has 0 saturated carbocycles. The average molecular weight is 167 g/mol. The monoisotopic (exact) mass is 167 g/mol. The molecule has 2 N–H and O–H groups in total. The molecule has 0 bridgehead atoms. The van der Waals surface area contributed by atoms with Crippen molar-refractivity contribution in [2.24, 2.45) is 0 Å². The van der Waals surface area contributed by atoms with Crippen LogP contribution in [-0.4, -0.2) is 4.98 Å². The molecule has 0 aromatic carbocycles. The van der Waals surface area contributed by atoms with Gasteiger partial charge >= 0.3 is 0 Å². The van der Waals surface area contributed by atoms with Crippen molar-refractivity contribution in [3.8, 4) is 6.07 Å². The standard InChI is InChI=1S/C7H9N3S/c1-4(2)6-5(3-8)11-7(9)10-6/h4H,1-2H3,(H2,9,10). The van der Waals surface area contributed by atoms with Gasteiger partial charge in [0.25, 0.3) is 0 Å². The number of aromatic nitrogens is 1. The van der Waals surface area contributed by atoms with Gasteiger partial charge in [0.15, 0.2) is 5.13 Å². The maximum Gasteiger partial charge on any atom is 0.181 e. The Morgan fingerprint density at radius 2 is 2.27 bits per heavy atom. The molecule has 1 aromatic rings. The number of rotatable bonds is 1. The van der Waals surface area contributed by atoms with Gasteiger partial charge in [0.05, 0.1) is 5.69 Å². The van der Waals surface area contributed by atoms with Gasteiger partial charge in [-0.3, -0.25) is 0 Å². The van der Waals surface area contributed by atoms with E-state index >= 15 is 0 Å². The van der Waals surface area contributed by atoms with Gasteiger partial charge in [-0.1, -0.05) is 25.2 Å². The SMILES string of the molecule is CC(C)c1nc(N)sc1C#N. The first-order valence-corrected chi connectivity index (χ1v) is 4.13. The number of nitrogens with zero attached hydrogens (tertiary/aromatic N) is 2. The summed E-state index contributed by atoms with van der Waals surface area (Å²) in [6.07, 6.45) is 0. The molecule has 1 rings (SSSR count). The molecule has 0 atom stereocenters. The van der Waals surface area contributed by atoms with Crippen molar-refractivity contribution in [1.82, 2.24) is 4.98 Å². The fourth-order valence-electron chi connectivity index (χ4n) is 0.821. The maximum absolute atomic E-state index is 8.65. The molecule has 4 heteroatoms. The molecule has 0 aliphatic carbocycles. The van der Waals surface area contributed by atoms with Crippen LogP contribution in [0, 0.1) is 11.3 Å². The molecule has 0 spiro atoms. The molecule has 0 saturated heterocycles. The average Bonchev–Trinajstić information content (AvgIpc) is 2.30. The van der Waals surface area contributed by atoms with Crippen LogP contribution >= 0.6 is 11.3 Å². The third-order valence-electron chi connectivity index (χ3n) is 1.32. The largest absolute Gasteiger partial charge is 0.375 e. The highest BCUT2D eigenvalue weighted by Crippen LogP contribution is 2.25. The molecule has 1 heterocycles. The minimum atomic E-state index is 0.276. The van der Waals surface area contributed by atoms with Crippen LogP contribution in [0.25, 0.3) is 0 Å². The Morgan fingerprint density at radius 1 is 1.64 bits per heavy atom. The highest BCUT2D eigenvalue weighted by molar-refractivity contribution is 7.16. The van der Waals surface area contributed by atoms with Gasteiger partial charge in [-0.05, 0) is 5.92 Å². The Labute approximate surface area is 69.5 Å². The predicted molar refractivity (Wildman–Crippen MR) is 45.3 cm³/mol. The van der Waals surface area contributed by atoms with E-state index in [1.165, 1.54) is 11.3 Å². The molecular weight excluding hydrogens is 158 g/mol. The summed E-state index contributed by atoms with van der Waals surface area (Å²) in [5.41, 5.74) is 6.26. The van der Waals surface area contributed by atoms with Crippen LogP contribution in [0.3, 0.4) is 0 Å². The lowest BCUT2D eigenvalue weighted by Gasteiger charge is -1.97. The van der Waals surface area contributed by atoms with E-state index in [1.807, 2.05) is 13.8 Å². The number of anilines is 1. The second kappa shape index (κ2) is 2.89. The van der Waals surface area contributed by atoms with E-state index in [2.05, 4.69) is 11.1 Å². The number of hydrogen-bond acceptors (Lipinski definition) is 4. The Kier molecular flexibility index (Phi) is 2.11. The van der Waals surface area contributed by atoms with Crippen LogP contribution in [0.2, 0.25) is 0 Å². The lowest BCUT2D eigenvalue weighted by molar-refractivity contribution is 0.831. The molecule has 0 fully saturated rings. The molecule has 0 amide bonds. The summed E-state index contributed by atoms with van der Waals surface area (Å²) in [6, 6.07) is 2.07. The van der Waals surface area contributed by atoms with Crippen LogP contribution in [0.15, 0.2) is 0 Å². The lowest BCUT2D eigenvalue weighted by atomic mass is 10.1. The molecule has 0 aliphatic rings. The Hall–Kier alpha value is -1.08. The van der Waals surface area contributed by atoms with E-state index < -0.39 is 0 Å². The first-order valence-electron chi connectivity index (χ1n) is 3.31. The molecule has 11 heavy (non-hydrogen) atoms. The summed E-state index contributed by atoms with van der Waals surface area (Å²) < 4.78 is 0. The number of hydrogen-bond donors (Lipinski definition) is 1. The third-order valence-corrected chi connectivity index (χ3v) is 2.12. The first kappa shape index (κ1) is 8.02. The third kappa shape index (κ3) is 1.49. The second-order valence-electron chi connectivity index (χ2n) is 2.53. The molecular formula is C7H9N3S. The molecule has 0 unspecified atom stereocenters. The number of thiazole rings is 1. The van der Waals surface area contributed by atoms with Gasteiger partial charge in [-0.15, -0.1) is 0 Å². The van der Waals surface area contributed by atoms with Crippen LogP contribution in [-0.2, 0) is 0 Å². The van der Waals surface area contributed by atoms with Crippen molar-refractivity contribution in [2.75, 3.05) is 5.73 Å². The summed E-state index contributed by atoms with van der Waals surface area (Å²) in [7, 11) is 0. The Balaban J connectivity index is 3.15. The first-order chi connectivity index (χ1) is 5.15. The van der Waals surface area contributed by atoms with Crippen molar-refractivity contribution in [3.63, 3.8) is 0 Å². The van der Waals surface area contributed by atoms with Crippen molar-refractivity contribution in [1.29, 1.82) is 5.26 Å². The summed E-state index contributed by atoms with van der Waals surface area (Å²) in [5, 5.41) is 9.12. The van der Waals surface area contributed by atoms with E-state index in [-0.39, 0.29) is 5.92 Å². The summed E-state index contributed by atoms with van der Waals surface area (Å²) in [6.45, 7) is 3.99. The fraction of sp³-hybridized carbons (Fsp3) is 0.429. The number of nitrogens with two attached hydrogens (primary N) is 1. The van der Waals surface area contributed by atoms with E-state index in [4.69, 9.17) is 11.0 Å². The summed E-state index contributed by atoms with van der Waals surface area (Å²) in [5.74, 6) is 0.276. The van der Waals surface area contributed by atoms with Gasteiger partial charge in [0, 0.05) is 0 Å². The Morgan fingerprint density at radius 3 is 2.64 bits per heavy atom. The number of nitriles is 1. The van der Waals surface area contributed by atoms with Gasteiger partial charge in [0.2, 0.25) is 0 Å². The second-order valence-corrected chi connectivity index (χ2v) is 3.56. The molecule has 58 valence electrons. The maximum atomic E-state index is 8.65. The van der Waals surface area contributed by atoms with E-state index in [0.717, 1.165) is 5.69 Å². The molecule has 1 aromatic heterocycles. The quantitative estimate of drug-likeness (QED) is 0.692. The minimum absolute atomic E-state index is 0.276. The van der Waals surface area contributed by atoms with Crippen LogP contribution in [0.4, 0.5) is 5.13 Å². The zero-order chi connectivity index (χ0) is 8.43. The van der Waals surface area contributed by atoms with Gasteiger partial charge in [0.1, 0.15) is 10.9 Å².